The van der Waals surface area contributed by atoms with Crippen molar-refractivity contribution in [1.82, 2.24) is 10.6 Å². The number of carbonyl (C=O) groups is 2. The van der Waals surface area contributed by atoms with E-state index in [-0.39, 0.29) is 11.8 Å². The molecule has 0 spiro atoms. The summed E-state index contributed by atoms with van der Waals surface area (Å²) in [5.41, 5.74) is 4.89. The minimum absolute atomic E-state index is 0.0334. The molecule has 38 heavy (non-hydrogen) atoms. The second-order valence-corrected chi connectivity index (χ2v) is 9.28. The van der Waals surface area contributed by atoms with Gasteiger partial charge in [-0.25, -0.2) is 4.79 Å². The van der Waals surface area contributed by atoms with Gasteiger partial charge in [-0.05, 0) is 47.6 Å². The topological polar surface area (TPSA) is 67.4 Å². The smallest absolute Gasteiger partial charge is 0.408 e. The Balaban J connectivity index is 1.41. The summed E-state index contributed by atoms with van der Waals surface area (Å²) < 4.78 is 5.92. The SMILES string of the molecule is CC(C(=O)NCCc1ccccc1)c1cccc(C(OC(=O)NCCc2ccccc2)c2ccccc2)c1. The van der Waals surface area contributed by atoms with Gasteiger partial charge in [0, 0.05) is 13.1 Å². The minimum Gasteiger partial charge on any atom is -0.436 e. The number of hydrogen-bond donors (Lipinski definition) is 2. The zero-order valence-electron chi connectivity index (χ0n) is 21.7. The Morgan fingerprint density at radius 2 is 1.13 bits per heavy atom. The molecule has 0 aliphatic carbocycles. The highest BCUT2D eigenvalue weighted by atomic mass is 16.6. The van der Waals surface area contributed by atoms with E-state index >= 15 is 0 Å². The van der Waals surface area contributed by atoms with Crippen LogP contribution in [0.25, 0.3) is 0 Å². The number of benzene rings is 4. The predicted molar refractivity (Wildman–Crippen MR) is 151 cm³/mol. The molecule has 0 radical (unpaired) electrons. The van der Waals surface area contributed by atoms with Crippen LogP contribution in [0.15, 0.2) is 115 Å². The Morgan fingerprint density at radius 3 is 1.74 bits per heavy atom. The maximum Gasteiger partial charge on any atom is 0.408 e. The van der Waals surface area contributed by atoms with Gasteiger partial charge in [0.1, 0.15) is 0 Å². The van der Waals surface area contributed by atoms with Gasteiger partial charge in [0.05, 0.1) is 5.92 Å². The summed E-state index contributed by atoms with van der Waals surface area (Å²) >= 11 is 0. The van der Waals surface area contributed by atoms with Crippen LogP contribution >= 0.6 is 0 Å². The Hall–Kier alpha value is -4.38. The zero-order chi connectivity index (χ0) is 26.6. The Labute approximate surface area is 224 Å². The summed E-state index contributed by atoms with van der Waals surface area (Å²) in [6.07, 6.45) is 0.425. The van der Waals surface area contributed by atoms with Crippen LogP contribution in [-0.2, 0) is 22.4 Å². The van der Waals surface area contributed by atoms with E-state index in [4.69, 9.17) is 4.74 Å². The molecule has 194 valence electrons. The molecule has 0 bridgehead atoms. The lowest BCUT2D eigenvalue weighted by Crippen LogP contribution is -2.30. The van der Waals surface area contributed by atoms with Gasteiger partial charge in [0.2, 0.25) is 5.91 Å². The fourth-order valence-corrected chi connectivity index (χ4v) is 4.33. The standard InChI is InChI=1S/C33H34N2O3/c1-25(32(36)34-22-20-26-12-5-2-6-13-26)29-18-11-19-30(24-29)31(28-16-9-4-10-17-28)38-33(37)35-23-21-27-14-7-3-8-15-27/h2-19,24-25,31H,20-23H2,1H3,(H,34,36)(H,35,37). The van der Waals surface area contributed by atoms with Gasteiger partial charge in [-0.3, -0.25) is 4.79 Å². The number of carbonyl (C=O) groups excluding carboxylic acids is 2. The second-order valence-electron chi connectivity index (χ2n) is 9.28. The van der Waals surface area contributed by atoms with E-state index in [1.54, 1.807) is 0 Å². The molecule has 5 nitrogen and oxygen atoms in total. The van der Waals surface area contributed by atoms with Crippen LogP contribution in [0.5, 0.6) is 0 Å². The average Bonchev–Trinajstić information content (AvgIpc) is 2.97. The maximum absolute atomic E-state index is 12.9. The third-order valence-electron chi connectivity index (χ3n) is 6.52. The lowest BCUT2D eigenvalue weighted by molar-refractivity contribution is -0.122. The molecular weight excluding hydrogens is 472 g/mol. The first-order valence-corrected chi connectivity index (χ1v) is 13.0. The van der Waals surface area contributed by atoms with E-state index in [1.807, 2.05) is 110 Å². The van der Waals surface area contributed by atoms with Crippen LogP contribution in [0.3, 0.4) is 0 Å². The molecule has 2 unspecified atom stereocenters. The first kappa shape index (κ1) is 26.7. The van der Waals surface area contributed by atoms with E-state index in [1.165, 1.54) is 5.56 Å². The summed E-state index contributed by atoms with van der Waals surface area (Å²) in [5.74, 6) is -0.379. The first-order chi connectivity index (χ1) is 18.6. The number of alkyl carbamates (subject to hydrolysis) is 1. The lowest BCUT2D eigenvalue weighted by atomic mass is 9.94. The third-order valence-corrected chi connectivity index (χ3v) is 6.52. The summed E-state index contributed by atoms with van der Waals surface area (Å²) in [4.78, 5) is 25.6. The van der Waals surface area contributed by atoms with Gasteiger partial charge < -0.3 is 15.4 Å². The van der Waals surface area contributed by atoms with Crippen molar-refractivity contribution in [3.05, 3.63) is 143 Å². The molecule has 2 N–H and O–H groups in total. The number of ether oxygens (including phenoxy) is 1. The molecule has 4 aromatic carbocycles. The van der Waals surface area contributed by atoms with Gasteiger partial charge in [0.25, 0.3) is 0 Å². The van der Waals surface area contributed by atoms with Crippen molar-refractivity contribution in [1.29, 1.82) is 0 Å². The zero-order valence-corrected chi connectivity index (χ0v) is 21.7. The molecule has 0 saturated heterocycles. The number of hydrogen-bond acceptors (Lipinski definition) is 3. The van der Waals surface area contributed by atoms with E-state index in [2.05, 4.69) is 22.8 Å². The molecule has 2 atom stereocenters. The van der Waals surface area contributed by atoms with E-state index < -0.39 is 12.2 Å². The number of amides is 2. The highest BCUT2D eigenvalue weighted by Crippen LogP contribution is 2.29. The van der Waals surface area contributed by atoms with E-state index in [0.717, 1.165) is 35.1 Å². The predicted octanol–water partition coefficient (Wildman–Crippen LogP) is 6.21. The molecular formula is C33H34N2O3. The Kier molecular flexibility index (Phi) is 9.69. The number of nitrogens with one attached hydrogen (secondary N) is 2. The highest BCUT2D eigenvalue weighted by Gasteiger charge is 2.22. The first-order valence-electron chi connectivity index (χ1n) is 13.0. The van der Waals surface area contributed by atoms with Crippen molar-refractivity contribution >= 4 is 12.0 Å². The molecule has 2 amide bonds. The van der Waals surface area contributed by atoms with Crippen molar-refractivity contribution in [3.63, 3.8) is 0 Å². The monoisotopic (exact) mass is 506 g/mol. The fraction of sp³-hybridized carbons (Fsp3) is 0.212. The van der Waals surface area contributed by atoms with Crippen LogP contribution in [0, 0.1) is 0 Å². The molecule has 0 aromatic heterocycles. The van der Waals surface area contributed by atoms with Gasteiger partial charge in [-0.15, -0.1) is 0 Å². The average molecular weight is 507 g/mol. The van der Waals surface area contributed by atoms with Gasteiger partial charge >= 0.3 is 6.09 Å². The third kappa shape index (κ3) is 7.81. The van der Waals surface area contributed by atoms with Crippen molar-refractivity contribution in [2.75, 3.05) is 13.1 Å². The van der Waals surface area contributed by atoms with Crippen LogP contribution in [0.2, 0.25) is 0 Å². The lowest BCUT2D eigenvalue weighted by Gasteiger charge is -2.21. The molecule has 0 aliphatic heterocycles. The molecule has 5 heteroatoms. The maximum atomic E-state index is 12.9. The highest BCUT2D eigenvalue weighted by molar-refractivity contribution is 5.83. The van der Waals surface area contributed by atoms with Gasteiger partial charge in [-0.2, -0.15) is 0 Å². The van der Waals surface area contributed by atoms with Crippen molar-refractivity contribution in [2.45, 2.75) is 31.8 Å². The normalized spacial score (nSPS) is 12.2. The molecule has 0 aliphatic rings. The van der Waals surface area contributed by atoms with Crippen LogP contribution < -0.4 is 10.6 Å². The second kappa shape index (κ2) is 13.8. The van der Waals surface area contributed by atoms with E-state index in [0.29, 0.717) is 13.1 Å². The van der Waals surface area contributed by atoms with Crippen molar-refractivity contribution in [2.24, 2.45) is 0 Å². The van der Waals surface area contributed by atoms with E-state index in [9.17, 15) is 9.59 Å². The summed E-state index contributed by atoms with van der Waals surface area (Å²) in [5, 5.41) is 5.91. The summed E-state index contributed by atoms with van der Waals surface area (Å²) in [7, 11) is 0. The van der Waals surface area contributed by atoms with Gasteiger partial charge in [0.15, 0.2) is 6.10 Å². The molecule has 4 rings (SSSR count). The quantitative estimate of drug-likeness (QED) is 0.254. The Bertz CT molecular complexity index is 1290. The summed E-state index contributed by atoms with van der Waals surface area (Å²) in [6, 6.07) is 37.5. The largest absolute Gasteiger partial charge is 0.436 e. The molecule has 4 aromatic rings. The van der Waals surface area contributed by atoms with Crippen LogP contribution in [0.4, 0.5) is 4.79 Å². The number of rotatable bonds is 11. The molecule has 0 saturated carbocycles. The van der Waals surface area contributed by atoms with Crippen LogP contribution in [-0.4, -0.2) is 25.1 Å². The Morgan fingerprint density at radius 1 is 0.632 bits per heavy atom. The molecule has 0 heterocycles. The minimum atomic E-state index is -0.596. The summed E-state index contributed by atoms with van der Waals surface area (Å²) in [6.45, 7) is 2.95. The van der Waals surface area contributed by atoms with Crippen molar-refractivity contribution in [3.8, 4) is 0 Å². The molecule has 0 fully saturated rings. The fourth-order valence-electron chi connectivity index (χ4n) is 4.33. The van der Waals surface area contributed by atoms with Crippen LogP contribution in [0.1, 0.15) is 46.8 Å². The van der Waals surface area contributed by atoms with Gasteiger partial charge in [-0.1, -0.05) is 115 Å². The van der Waals surface area contributed by atoms with Crippen molar-refractivity contribution < 1.29 is 14.3 Å².